The molecular weight excluding hydrogens is 268 g/mol. The van der Waals surface area contributed by atoms with Crippen LogP contribution >= 0.6 is 0 Å². The molecule has 7 heteroatoms. The summed E-state index contributed by atoms with van der Waals surface area (Å²) < 4.78 is 31.6. The van der Waals surface area contributed by atoms with Gasteiger partial charge in [-0.2, -0.15) is 0 Å². The van der Waals surface area contributed by atoms with Crippen LogP contribution in [0.5, 0.6) is 0 Å². The van der Waals surface area contributed by atoms with Crippen LogP contribution in [0.25, 0.3) is 0 Å². The number of carbonyl (C=O) groups is 1. The summed E-state index contributed by atoms with van der Waals surface area (Å²) in [7, 11) is 1.20. The Morgan fingerprint density at radius 1 is 1.25 bits per heavy atom. The lowest BCUT2D eigenvalue weighted by Crippen LogP contribution is -2.09. The van der Waals surface area contributed by atoms with Crippen molar-refractivity contribution in [2.75, 3.05) is 18.2 Å². The molecule has 20 heavy (non-hydrogen) atoms. The van der Waals surface area contributed by atoms with Gasteiger partial charge in [-0.25, -0.2) is 18.6 Å². The van der Waals surface area contributed by atoms with Gasteiger partial charge >= 0.3 is 5.97 Å². The zero-order chi connectivity index (χ0) is 14.7. The van der Waals surface area contributed by atoms with Crippen molar-refractivity contribution in [1.82, 2.24) is 4.98 Å². The number of hydrogen-bond donors (Lipinski definition) is 2. The second-order valence-corrected chi connectivity index (χ2v) is 3.85. The molecule has 1 heterocycles. The number of halogens is 2. The van der Waals surface area contributed by atoms with E-state index in [1.54, 1.807) is 0 Å². The van der Waals surface area contributed by atoms with Gasteiger partial charge in [0.05, 0.1) is 12.8 Å². The number of anilines is 3. The van der Waals surface area contributed by atoms with Gasteiger partial charge in [0.2, 0.25) is 0 Å². The van der Waals surface area contributed by atoms with E-state index in [1.807, 2.05) is 0 Å². The van der Waals surface area contributed by atoms with Gasteiger partial charge < -0.3 is 15.8 Å². The Morgan fingerprint density at radius 3 is 2.50 bits per heavy atom. The van der Waals surface area contributed by atoms with Crippen molar-refractivity contribution in [3.8, 4) is 0 Å². The molecule has 0 unspecified atom stereocenters. The number of para-hydroxylation sites is 1. The molecule has 0 aliphatic carbocycles. The first-order valence-electron chi connectivity index (χ1n) is 5.59. The number of methoxy groups -OCH3 is 1. The van der Waals surface area contributed by atoms with Gasteiger partial charge in [0.25, 0.3) is 0 Å². The molecule has 0 radical (unpaired) electrons. The summed E-state index contributed by atoms with van der Waals surface area (Å²) in [5.74, 6) is -2.30. The molecular formula is C13H11F2N3O2. The van der Waals surface area contributed by atoms with Crippen LogP contribution in [0.4, 0.5) is 26.0 Å². The molecule has 2 rings (SSSR count). The molecule has 0 saturated carbocycles. The van der Waals surface area contributed by atoms with Crippen molar-refractivity contribution in [3.05, 3.63) is 47.7 Å². The van der Waals surface area contributed by atoms with Gasteiger partial charge in [-0.05, 0) is 24.3 Å². The predicted octanol–water partition coefficient (Wildman–Crippen LogP) is 2.47. The van der Waals surface area contributed by atoms with E-state index in [2.05, 4.69) is 15.0 Å². The van der Waals surface area contributed by atoms with Crippen LogP contribution in [-0.2, 0) is 4.74 Å². The Bertz CT molecular complexity index is 642. The first-order chi connectivity index (χ1) is 9.52. The van der Waals surface area contributed by atoms with Gasteiger partial charge in [0.1, 0.15) is 17.3 Å². The lowest BCUT2D eigenvalue weighted by atomic mass is 10.2. The highest BCUT2D eigenvalue weighted by molar-refractivity contribution is 5.88. The normalized spacial score (nSPS) is 10.2. The first kappa shape index (κ1) is 13.7. The molecule has 0 bridgehead atoms. The highest BCUT2D eigenvalue weighted by atomic mass is 19.1. The molecule has 0 atom stereocenters. The van der Waals surface area contributed by atoms with Crippen molar-refractivity contribution in [2.45, 2.75) is 0 Å². The smallest absolute Gasteiger partial charge is 0.356 e. The number of benzene rings is 1. The van der Waals surface area contributed by atoms with Crippen molar-refractivity contribution in [3.63, 3.8) is 0 Å². The highest BCUT2D eigenvalue weighted by Gasteiger charge is 2.14. The minimum atomic E-state index is -0.797. The second-order valence-electron chi connectivity index (χ2n) is 3.85. The number of carbonyl (C=O) groups excluding carboxylic acids is 1. The largest absolute Gasteiger partial charge is 0.464 e. The van der Waals surface area contributed by atoms with Crippen LogP contribution in [0.1, 0.15) is 10.5 Å². The number of pyridine rings is 1. The van der Waals surface area contributed by atoms with Crippen molar-refractivity contribution in [1.29, 1.82) is 0 Å². The zero-order valence-electron chi connectivity index (χ0n) is 10.5. The number of aromatic nitrogens is 1. The SMILES string of the molecule is COC(=O)c1ccc(N)c(Nc2c(F)cccc2F)n1. The third kappa shape index (κ3) is 2.66. The van der Waals surface area contributed by atoms with E-state index in [4.69, 9.17) is 5.73 Å². The second kappa shape index (κ2) is 5.52. The summed E-state index contributed by atoms with van der Waals surface area (Å²) in [5, 5.41) is 2.43. The molecule has 0 fully saturated rings. The van der Waals surface area contributed by atoms with E-state index in [0.717, 1.165) is 12.1 Å². The van der Waals surface area contributed by atoms with Gasteiger partial charge in [-0.1, -0.05) is 6.07 Å². The summed E-state index contributed by atoms with van der Waals surface area (Å²) in [6.07, 6.45) is 0. The van der Waals surface area contributed by atoms with E-state index in [9.17, 15) is 13.6 Å². The molecule has 1 aromatic carbocycles. The molecule has 0 aliphatic rings. The maximum absolute atomic E-state index is 13.5. The van der Waals surface area contributed by atoms with Gasteiger partial charge in [-0.15, -0.1) is 0 Å². The lowest BCUT2D eigenvalue weighted by Gasteiger charge is -2.11. The number of hydrogen-bond acceptors (Lipinski definition) is 5. The Hall–Kier alpha value is -2.70. The van der Waals surface area contributed by atoms with Crippen molar-refractivity contribution in [2.24, 2.45) is 0 Å². The van der Waals surface area contributed by atoms with E-state index in [0.29, 0.717) is 0 Å². The predicted molar refractivity (Wildman–Crippen MR) is 69.6 cm³/mol. The molecule has 2 aromatic rings. The Labute approximate surface area is 113 Å². The summed E-state index contributed by atoms with van der Waals surface area (Å²) in [5.41, 5.74) is 5.37. The average Bonchev–Trinajstić information content (AvgIpc) is 2.44. The fraction of sp³-hybridized carbons (Fsp3) is 0.0769. The summed E-state index contributed by atoms with van der Waals surface area (Å²) in [6.45, 7) is 0. The first-order valence-corrected chi connectivity index (χ1v) is 5.59. The van der Waals surface area contributed by atoms with Gasteiger partial charge in [-0.3, -0.25) is 0 Å². The minimum absolute atomic E-state index is 0.0269. The summed E-state index contributed by atoms with van der Waals surface area (Å²) in [4.78, 5) is 15.2. The number of nitrogens with zero attached hydrogens (tertiary/aromatic N) is 1. The Balaban J connectivity index is 2.40. The Morgan fingerprint density at radius 2 is 1.90 bits per heavy atom. The van der Waals surface area contributed by atoms with Crippen LogP contribution in [0, 0.1) is 11.6 Å². The lowest BCUT2D eigenvalue weighted by molar-refractivity contribution is 0.0594. The van der Waals surface area contributed by atoms with Crippen LogP contribution in [0.15, 0.2) is 30.3 Å². The standard InChI is InChI=1S/C13H11F2N3O2/c1-20-13(19)10-6-5-9(16)12(17-10)18-11-7(14)3-2-4-8(11)15/h2-6H,16H2,1H3,(H,17,18). The third-order valence-corrected chi connectivity index (χ3v) is 2.53. The van der Waals surface area contributed by atoms with E-state index >= 15 is 0 Å². The van der Waals surface area contributed by atoms with Crippen molar-refractivity contribution >= 4 is 23.2 Å². The van der Waals surface area contributed by atoms with E-state index < -0.39 is 23.3 Å². The number of nitrogens with one attached hydrogen (secondary N) is 1. The third-order valence-electron chi connectivity index (χ3n) is 2.53. The molecule has 0 spiro atoms. The molecule has 0 saturated heterocycles. The van der Waals surface area contributed by atoms with E-state index in [-0.39, 0.29) is 17.2 Å². The zero-order valence-corrected chi connectivity index (χ0v) is 10.5. The summed E-state index contributed by atoms with van der Waals surface area (Å²) in [6, 6.07) is 6.15. The maximum atomic E-state index is 13.5. The molecule has 1 aromatic heterocycles. The summed E-state index contributed by atoms with van der Waals surface area (Å²) >= 11 is 0. The molecule has 104 valence electrons. The topological polar surface area (TPSA) is 77.2 Å². The number of rotatable bonds is 3. The van der Waals surface area contributed by atoms with Crippen LogP contribution < -0.4 is 11.1 Å². The van der Waals surface area contributed by atoms with Crippen LogP contribution in [-0.4, -0.2) is 18.1 Å². The van der Waals surface area contributed by atoms with Gasteiger partial charge in [0, 0.05) is 0 Å². The van der Waals surface area contributed by atoms with Crippen LogP contribution in [0.2, 0.25) is 0 Å². The molecule has 5 nitrogen and oxygen atoms in total. The minimum Gasteiger partial charge on any atom is -0.464 e. The Kier molecular flexibility index (Phi) is 3.79. The number of esters is 1. The highest BCUT2D eigenvalue weighted by Crippen LogP contribution is 2.25. The number of nitrogen functional groups attached to an aromatic ring is 1. The van der Waals surface area contributed by atoms with Crippen molar-refractivity contribution < 1.29 is 18.3 Å². The average molecular weight is 279 g/mol. The fourth-order valence-electron chi connectivity index (χ4n) is 1.52. The molecule has 0 aliphatic heterocycles. The number of ether oxygens (including phenoxy) is 1. The number of nitrogens with two attached hydrogens (primary N) is 1. The monoisotopic (exact) mass is 279 g/mol. The maximum Gasteiger partial charge on any atom is 0.356 e. The molecule has 0 amide bonds. The molecule has 3 N–H and O–H groups in total. The van der Waals surface area contributed by atoms with Gasteiger partial charge in [0.15, 0.2) is 11.5 Å². The van der Waals surface area contributed by atoms with Crippen LogP contribution in [0.3, 0.4) is 0 Å². The van der Waals surface area contributed by atoms with E-state index in [1.165, 1.54) is 25.3 Å². The fourth-order valence-corrected chi connectivity index (χ4v) is 1.52. The quantitative estimate of drug-likeness (QED) is 0.844.